The third-order valence-electron chi connectivity index (χ3n) is 3.89. The van der Waals surface area contributed by atoms with Crippen LogP contribution in [0, 0.1) is 5.82 Å². The number of rotatable bonds is 9. The molecule has 28 heavy (non-hydrogen) atoms. The molecule has 0 spiro atoms. The zero-order valence-corrected chi connectivity index (χ0v) is 16.1. The lowest BCUT2D eigenvalue weighted by Gasteiger charge is -2.17. The van der Waals surface area contributed by atoms with E-state index in [1.807, 2.05) is 23.1 Å². The van der Waals surface area contributed by atoms with Crippen molar-refractivity contribution in [3.63, 3.8) is 0 Å². The Morgan fingerprint density at radius 2 is 1.68 bits per heavy atom. The highest BCUT2D eigenvalue weighted by molar-refractivity contribution is 5.94. The number of benzene rings is 2. The van der Waals surface area contributed by atoms with Gasteiger partial charge in [0.05, 0.1) is 27.3 Å². The first-order valence-corrected chi connectivity index (χ1v) is 8.63. The average Bonchev–Trinajstić information content (AvgIpc) is 2.68. The van der Waals surface area contributed by atoms with Gasteiger partial charge in [-0.15, -0.1) is 0 Å². The van der Waals surface area contributed by atoms with Gasteiger partial charge in [-0.2, -0.15) is 0 Å². The van der Waals surface area contributed by atoms with E-state index in [2.05, 4.69) is 10.6 Å². The lowest BCUT2D eigenvalue weighted by atomic mass is 10.2. The van der Waals surface area contributed by atoms with Crippen LogP contribution >= 0.6 is 0 Å². The summed E-state index contributed by atoms with van der Waals surface area (Å²) in [5, 5.41) is 5.14. The number of nitrogens with zero attached hydrogens (tertiary/aromatic N) is 1. The van der Waals surface area contributed by atoms with Crippen molar-refractivity contribution in [2.75, 3.05) is 39.7 Å². The largest absolute Gasteiger partial charge is 0.493 e. The van der Waals surface area contributed by atoms with Crippen molar-refractivity contribution in [2.24, 2.45) is 0 Å². The van der Waals surface area contributed by atoms with Crippen molar-refractivity contribution in [3.8, 4) is 11.5 Å². The SMILES string of the molecule is COc1ccc(CN(C)CC(=O)NCC(=O)Nc2ccc(F)cc2)cc1OC. The summed E-state index contributed by atoms with van der Waals surface area (Å²) in [6.45, 7) is 0.480. The van der Waals surface area contributed by atoms with Gasteiger partial charge in [0.2, 0.25) is 11.8 Å². The highest BCUT2D eigenvalue weighted by Crippen LogP contribution is 2.27. The number of anilines is 1. The molecule has 0 saturated heterocycles. The van der Waals surface area contributed by atoms with Crippen LogP contribution in [0.5, 0.6) is 11.5 Å². The number of likely N-dealkylation sites (N-methyl/N-ethyl adjacent to an activating group) is 1. The Balaban J connectivity index is 1.77. The van der Waals surface area contributed by atoms with Gasteiger partial charge in [-0.05, 0) is 49.0 Å². The average molecular weight is 389 g/mol. The van der Waals surface area contributed by atoms with Gasteiger partial charge in [0.1, 0.15) is 5.82 Å². The third-order valence-corrected chi connectivity index (χ3v) is 3.89. The van der Waals surface area contributed by atoms with E-state index in [1.165, 1.54) is 24.3 Å². The van der Waals surface area contributed by atoms with Crippen molar-refractivity contribution < 1.29 is 23.5 Å². The first-order valence-electron chi connectivity index (χ1n) is 8.63. The Labute approximate surface area is 163 Å². The summed E-state index contributed by atoms with van der Waals surface area (Å²) in [4.78, 5) is 25.7. The monoisotopic (exact) mass is 389 g/mol. The highest BCUT2D eigenvalue weighted by Gasteiger charge is 2.11. The van der Waals surface area contributed by atoms with Gasteiger partial charge < -0.3 is 20.1 Å². The van der Waals surface area contributed by atoms with Crippen molar-refractivity contribution in [2.45, 2.75) is 6.54 Å². The fourth-order valence-corrected chi connectivity index (χ4v) is 2.56. The molecular formula is C20H24FN3O4. The molecule has 0 unspecified atom stereocenters. The number of halogens is 1. The van der Waals surface area contributed by atoms with Crippen molar-refractivity contribution in [1.29, 1.82) is 0 Å². The quantitative estimate of drug-likeness (QED) is 0.686. The number of nitrogens with one attached hydrogen (secondary N) is 2. The Morgan fingerprint density at radius 3 is 2.32 bits per heavy atom. The fourth-order valence-electron chi connectivity index (χ4n) is 2.56. The van der Waals surface area contributed by atoms with E-state index in [4.69, 9.17) is 9.47 Å². The van der Waals surface area contributed by atoms with E-state index in [-0.39, 0.29) is 30.7 Å². The maximum absolute atomic E-state index is 12.8. The minimum Gasteiger partial charge on any atom is -0.493 e. The standard InChI is InChI=1S/C20H24FN3O4/c1-24(12-14-4-9-17(27-2)18(10-14)28-3)13-20(26)22-11-19(25)23-16-7-5-15(21)6-8-16/h4-10H,11-13H2,1-3H3,(H,22,26)(H,23,25). The predicted octanol–water partition coefficient (Wildman–Crippen LogP) is 2.03. The van der Waals surface area contributed by atoms with Gasteiger partial charge in [-0.3, -0.25) is 14.5 Å². The van der Waals surface area contributed by atoms with E-state index in [0.29, 0.717) is 23.7 Å². The normalized spacial score (nSPS) is 10.5. The van der Waals surface area contributed by atoms with Gasteiger partial charge >= 0.3 is 0 Å². The van der Waals surface area contributed by atoms with Crippen LogP contribution in [0.4, 0.5) is 10.1 Å². The predicted molar refractivity (Wildman–Crippen MR) is 104 cm³/mol. The summed E-state index contributed by atoms with van der Waals surface area (Å²) >= 11 is 0. The van der Waals surface area contributed by atoms with Crippen molar-refractivity contribution >= 4 is 17.5 Å². The second-order valence-corrected chi connectivity index (χ2v) is 6.19. The lowest BCUT2D eigenvalue weighted by Crippen LogP contribution is -2.39. The number of ether oxygens (including phenoxy) is 2. The minimum absolute atomic E-state index is 0.123. The lowest BCUT2D eigenvalue weighted by molar-refractivity contribution is -0.124. The smallest absolute Gasteiger partial charge is 0.243 e. The molecule has 8 heteroatoms. The number of carbonyl (C=O) groups excluding carboxylic acids is 2. The number of methoxy groups -OCH3 is 2. The van der Waals surface area contributed by atoms with Crippen LogP contribution in [0.15, 0.2) is 42.5 Å². The van der Waals surface area contributed by atoms with Crippen LogP contribution in [0.2, 0.25) is 0 Å². The van der Waals surface area contributed by atoms with E-state index in [9.17, 15) is 14.0 Å². The van der Waals surface area contributed by atoms with Crippen LogP contribution in [0.3, 0.4) is 0 Å². The summed E-state index contributed by atoms with van der Waals surface area (Å²) in [5.74, 6) is 0.206. The molecule has 7 nitrogen and oxygen atoms in total. The Morgan fingerprint density at radius 1 is 1.00 bits per heavy atom. The summed E-state index contributed by atoms with van der Waals surface area (Å²) in [6, 6.07) is 10.9. The molecular weight excluding hydrogens is 365 g/mol. The summed E-state index contributed by atoms with van der Waals surface area (Å²) in [5.41, 5.74) is 1.42. The number of hydrogen-bond acceptors (Lipinski definition) is 5. The van der Waals surface area contributed by atoms with E-state index in [0.717, 1.165) is 5.56 Å². The molecule has 150 valence electrons. The first kappa shape index (κ1) is 21.2. The van der Waals surface area contributed by atoms with Crippen molar-refractivity contribution in [3.05, 3.63) is 53.8 Å². The molecule has 2 aromatic carbocycles. The van der Waals surface area contributed by atoms with Crippen LogP contribution in [0.25, 0.3) is 0 Å². The molecule has 0 radical (unpaired) electrons. The van der Waals surface area contributed by atoms with E-state index in [1.54, 1.807) is 21.3 Å². The topological polar surface area (TPSA) is 79.9 Å². The minimum atomic E-state index is -0.387. The van der Waals surface area contributed by atoms with Crippen molar-refractivity contribution in [1.82, 2.24) is 10.2 Å². The van der Waals surface area contributed by atoms with Gasteiger partial charge in [-0.1, -0.05) is 6.07 Å². The zero-order valence-electron chi connectivity index (χ0n) is 16.1. The highest BCUT2D eigenvalue weighted by atomic mass is 19.1. The summed E-state index contributed by atoms with van der Waals surface area (Å²) in [7, 11) is 4.94. The van der Waals surface area contributed by atoms with Crippen LogP contribution < -0.4 is 20.1 Å². The second kappa shape index (κ2) is 10.3. The fraction of sp³-hybridized carbons (Fsp3) is 0.300. The molecule has 2 N–H and O–H groups in total. The van der Waals surface area contributed by atoms with Crippen LogP contribution in [-0.2, 0) is 16.1 Å². The number of carbonyl (C=O) groups is 2. The molecule has 0 bridgehead atoms. The molecule has 0 heterocycles. The molecule has 0 aliphatic carbocycles. The molecule has 0 aromatic heterocycles. The zero-order chi connectivity index (χ0) is 20.5. The Hall–Kier alpha value is -3.13. The molecule has 0 aliphatic heterocycles. The molecule has 2 aromatic rings. The second-order valence-electron chi connectivity index (χ2n) is 6.19. The molecule has 0 aliphatic rings. The van der Waals surface area contributed by atoms with E-state index >= 15 is 0 Å². The van der Waals surface area contributed by atoms with Crippen LogP contribution in [-0.4, -0.2) is 51.1 Å². The number of hydrogen-bond donors (Lipinski definition) is 2. The van der Waals surface area contributed by atoms with Gasteiger partial charge in [-0.25, -0.2) is 4.39 Å². The number of amides is 2. The maximum atomic E-state index is 12.8. The van der Waals surface area contributed by atoms with Gasteiger partial charge in [0.15, 0.2) is 11.5 Å². The molecule has 0 saturated carbocycles. The molecule has 2 amide bonds. The van der Waals surface area contributed by atoms with E-state index < -0.39 is 0 Å². The molecule has 0 fully saturated rings. The Kier molecular flexibility index (Phi) is 7.76. The maximum Gasteiger partial charge on any atom is 0.243 e. The first-order chi connectivity index (χ1) is 13.4. The van der Waals surface area contributed by atoms with Gasteiger partial charge in [0, 0.05) is 12.2 Å². The Bertz CT molecular complexity index is 812. The summed E-state index contributed by atoms with van der Waals surface area (Å²) < 4.78 is 23.3. The van der Waals surface area contributed by atoms with Gasteiger partial charge in [0.25, 0.3) is 0 Å². The van der Waals surface area contributed by atoms with Crippen LogP contribution in [0.1, 0.15) is 5.56 Å². The summed E-state index contributed by atoms with van der Waals surface area (Å²) in [6.07, 6.45) is 0. The molecule has 2 rings (SSSR count). The molecule has 0 atom stereocenters. The third kappa shape index (κ3) is 6.55.